The molecule has 0 radical (unpaired) electrons. The summed E-state index contributed by atoms with van der Waals surface area (Å²) in [6.07, 6.45) is 3.34. The molecule has 1 unspecified atom stereocenters. The number of nitrogens with one attached hydrogen (secondary N) is 1. The van der Waals surface area contributed by atoms with E-state index in [0.29, 0.717) is 16.9 Å². The van der Waals surface area contributed by atoms with Gasteiger partial charge >= 0.3 is 0 Å². The smallest absolute Gasteiger partial charge is 0.276 e. The molecule has 0 spiro atoms. The molecule has 3 N–H and O–H groups in total. The van der Waals surface area contributed by atoms with Crippen molar-refractivity contribution < 1.29 is 37.8 Å². The largest absolute Gasteiger partial charge is 0.543 e. The van der Waals surface area contributed by atoms with E-state index in [4.69, 9.17) is 19.5 Å². The van der Waals surface area contributed by atoms with Gasteiger partial charge in [0.2, 0.25) is 5.88 Å². The fourth-order valence-electron chi connectivity index (χ4n) is 4.03. The third kappa shape index (κ3) is 3.86. The highest BCUT2D eigenvalue weighted by atomic mass is 32.2. The number of carbonyl (C=O) groups excluding carboxylic acids is 3. The van der Waals surface area contributed by atoms with Gasteiger partial charge in [-0.1, -0.05) is 10.3 Å². The Morgan fingerprint density at radius 3 is 3.00 bits per heavy atom. The molecule has 180 valence electrons. The first-order chi connectivity index (χ1) is 16.9. The predicted octanol–water partition coefficient (Wildman–Crippen LogP) is -1.25. The molecule has 1 saturated heterocycles. The second kappa shape index (κ2) is 8.79. The van der Waals surface area contributed by atoms with Crippen LogP contribution in [0.15, 0.2) is 62.1 Å². The minimum absolute atomic E-state index is 0.0184. The number of amides is 2. The highest BCUT2D eigenvalue weighted by Gasteiger charge is 2.53. The molecule has 5 rings (SSSR count). The Kier molecular flexibility index (Phi) is 5.64. The summed E-state index contributed by atoms with van der Waals surface area (Å²) in [4.78, 5) is 43.7. The lowest BCUT2D eigenvalue weighted by Gasteiger charge is -2.50. The number of hydrogen-bond acceptors (Lipinski definition) is 11. The molecule has 0 saturated carbocycles. The van der Waals surface area contributed by atoms with Crippen molar-refractivity contribution >= 4 is 52.2 Å². The van der Waals surface area contributed by atoms with Crippen LogP contribution in [0, 0.1) is 0 Å². The maximum atomic E-state index is 13.0. The van der Waals surface area contributed by atoms with Crippen LogP contribution < -0.4 is 20.7 Å². The average molecular weight is 498 g/mol. The van der Waals surface area contributed by atoms with Crippen LogP contribution >= 0.6 is 11.8 Å². The molecule has 2 atom stereocenters. The Balaban J connectivity index is 1.38. The number of oxime groups is 1. The van der Waals surface area contributed by atoms with Gasteiger partial charge in [-0.2, -0.15) is 4.57 Å². The number of anilines is 1. The van der Waals surface area contributed by atoms with Gasteiger partial charge in [-0.25, -0.2) is 0 Å². The molecule has 35 heavy (non-hydrogen) atoms. The second-order valence-electron chi connectivity index (χ2n) is 7.64. The maximum absolute atomic E-state index is 13.0. The SMILES string of the molecule is CON=C(C(=O)NC1C(=O)N2C(C(=O)[O-])=C(C[n+]3cccc4occc43)CS[C@@H]12)c1cc(N)on1. The van der Waals surface area contributed by atoms with Gasteiger partial charge in [0.05, 0.1) is 17.9 Å². The van der Waals surface area contributed by atoms with Crippen molar-refractivity contribution in [2.24, 2.45) is 5.16 Å². The van der Waals surface area contributed by atoms with Crippen LogP contribution in [-0.2, 0) is 25.8 Å². The number of β-lactam (4-membered cyclic amide) rings is 1. The molecule has 2 amide bonds. The van der Waals surface area contributed by atoms with E-state index in [0.717, 1.165) is 10.4 Å². The monoisotopic (exact) mass is 498 g/mol. The quantitative estimate of drug-likeness (QED) is 0.173. The number of carboxylic acid groups (broad SMARTS) is 1. The van der Waals surface area contributed by atoms with Crippen LogP contribution in [-0.4, -0.2) is 57.8 Å². The van der Waals surface area contributed by atoms with Crippen molar-refractivity contribution in [3.63, 3.8) is 0 Å². The van der Waals surface area contributed by atoms with Gasteiger partial charge in [-0.15, -0.1) is 11.8 Å². The number of rotatable bonds is 7. The lowest BCUT2D eigenvalue weighted by molar-refractivity contribution is -0.663. The number of aliphatic carboxylic acids is 1. The number of aromatic nitrogens is 2. The van der Waals surface area contributed by atoms with Gasteiger partial charge in [0.1, 0.15) is 24.2 Å². The van der Waals surface area contributed by atoms with E-state index in [1.807, 2.05) is 4.57 Å². The summed E-state index contributed by atoms with van der Waals surface area (Å²) in [7, 11) is 1.24. The van der Waals surface area contributed by atoms with E-state index in [1.165, 1.54) is 24.9 Å². The van der Waals surface area contributed by atoms with Gasteiger partial charge in [0.25, 0.3) is 17.3 Å². The Hall–Kier alpha value is -4.33. The summed E-state index contributed by atoms with van der Waals surface area (Å²) in [5, 5.41) is 21.3. The number of nitrogens with two attached hydrogens (primary N) is 1. The zero-order valence-corrected chi connectivity index (χ0v) is 19.0. The number of carboxylic acids is 1. The summed E-state index contributed by atoms with van der Waals surface area (Å²) in [6, 6.07) is 5.65. The Labute approximate surface area is 201 Å². The summed E-state index contributed by atoms with van der Waals surface area (Å²) in [5.41, 5.74) is 7.00. The van der Waals surface area contributed by atoms with Crippen LogP contribution in [0.5, 0.6) is 0 Å². The molecular weight excluding hydrogens is 480 g/mol. The average Bonchev–Trinajstić information content (AvgIpc) is 3.49. The maximum Gasteiger partial charge on any atom is 0.276 e. The van der Waals surface area contributed by atoms with Gasteiger partial charge in [-0.3, -0.25) is 14.5 Å². The van der Waals surface area contributed by atoms with Crippen molar-refractivity contribution in [1.29, 1.82) is 0 Å². The summed E-state index contributed by atoms with van der Waals surface area (Å²) >= 11 is 1.33. The zero-order valence-electron chi connectivity index (χ0n) is 18.2. The molecule has 1 fully saturated rings. The Bertz CT molecular complexity index is 1410. The summed E-state index contributed by atoms with van der Waals surface area (Å²) in [5.74, 6) is -2.54. The molecule has 14 heteroatoms. The van der Waals surface area contributed by atoms with Crippen LogP contribution in [0.3, 0.4) is 0 Å². The fraction of sp³-hybridized carbons (Fsp3) is 0.238. The number of carbonyl (C=O) groups is 3. The van der Waals surface area contributed by atoms with Crippen LogP contribution in [0.4, 0.5) is 5.88 Å². The summed E-state index contributed by atoms with van der Waals surface area (Å²) in [6.45, 7) is 0.221. The number of pyridine rings is 1. The van der Waals surface area contributed by atoms with E-state index in [2.05, 4.69) is 15.6 Å². The standard InChI is InChI=1S/C21H18N6O7S/c1-32-25-15(11-7-14(22)34-24-11)18(28)23-16-19(29)27-17(21(30)31)10(9-35-20(16)27)8-26-5-2-3-13-12(26)4-6-33-13/h2-7,16,20H,8-9H2,1H3,(H3-,22,23,24,28,30,31)/t16?,20-/m0/s1. The van der Waals surface area contributed by atoms with E-state index in [-0.39, 0.29) is 29.5 Å². The predicted molar refractivity (Wildman–Crippen MR) is 118 cm³/mol. The van der Waals surface area contributed by atoms with Gasteiger partial charge in [0.15, 0.2) is 24.0 Å². The molecule has 3 aromatic rings. The molecule has 0 aromatic carbocycles. The molecule has 2 aliphatic rings. The van der Waals surface area contributed by atoms with Crippen LogP contribution in [0.2, 0.25) is 0 Å². The number of fused-ring (bicyclic) bond motifs is 2. The first-order valence-corrected chi connectivity index (χ1v) is 11.3. The van der Waals surface area contributed by atoms with Crippen molar-refractivity contribution in [3.8, 4) is 0 Å². The van der Waals surface area contributed by atoms with Crippen molar-refractivity contribution in [2.45, 2.75) is 18.0 Å². The molecule has 0 aliphatic carbocycles. The van der Waals surface area contributed by atoms with E-state index < -0.39 is 29.2 Å². The highest BCUT2D eigenvalue weighted by Crippen LogP contribution is 2.40. The van der Waals surface area contributed by atoms with E-state index in [9.17, 15) is 19.5 Å². The molecule has 0 bridgehead atoms. The van der Waals surface area contributed by atoms with Gasteiger partial charge < -0.3 is 34.7 Å². The minimum Gasteiger partial charge on any atom is -0.543 e. The first-order valence-electron chi connectivity index (χ1n) is 10.3. The lowest BCUT2D eigenvalue weighted by atomic mass is 10.0. The fourth-order valence-corrected chi connectivity index (χ4v) is 5.37. The van der Waals surface area contributed by atoms with Crippen molar-refractivity contribution in [1.82, 2.24) is 15.4 Å². The third-order valence-electron chi connectivity index (χ3n) is 5.55. The number of hydrogen-bond donors (Lipinski definition) is 2. The number of furan rings is 1. The second-order valence-corrected chi connectivity index (χ2v) is 8.75. The van der Waals surface area contributed by atoms with Crippen LogP contribution in [0.25, 0.3) is 11.1 Å². The summed E-state index contributed by atoms with van der Waals surface area (Å²) < 4.78 is 12.0. The minimum atomic E-state index is -1.47. The Morgan fingerprint density at radius 1 is 1.46 bits per heavy atom. The molecule has 2 aliphatic heterocycles. The van der Waals surface area contributed by atoms with Gasteiger partial charge in [0, 0.05) is 29.5 Å². The topological polar surface area (TPSA) is 180 Å². The number of nitrogens with zero attached hydrogens (tertiary/aromatic N) is 4. The van der Waals surface area contributed by atoms with Crippen molar-refractivity contribution in [3.05, 3.63) is 53.7 Å². The van der Waals surface area contributed by atoms with E-state index in [1.54, 1.807) is 30.7 Å². The third-order valence-corrected chi connectivity index (χ3v) is 6.89. The van der Waals surface area contributed by atoms with Gasteiger partial charge in [-0.05, 0) is 6.07 Å². The molecule has 5 heterocycles. The lowest BCUT2D eigenvalue weighted by Crippen LogP contribution is -2.71. The number of thioether (sulfide) groups is 1. The first kappa shape index (κ1) is 22.5. The molecule has 3 aromatic heterocycles. The van der Waals surface area contributed by atoms with E-state index >= 15 is 0 Å². The van der Waals surface area contributed by atoms with Crippen LogP contribution in [0.1, 0.15) is 5.69 Å². The number of nitrogen functional groups attached to an aromatic ring is 1. The Morgan fingerprint density at radius 2 is 2.29 bits per heavy atom. The molecular formula is C21H18N6O7S. The highest BCUT2D eigenvalue weighted by molar-refractivity contribution is 8.00. The molecule has 13 nitrogen and oxygen atoms in total. The zero-order chi connectivity index (χ0) is 24.7. The van der Waals surface area contributed by atoms with Crippen molar-refractivity contribution in [2.75, 3.05) is 18.6 Å². The normalized spacial score (nSPS) is 20.0.